The second-order valence-electron chi connectivity index (χ2n) is 2.42. The Morgan fingerprint density at radius 2 is 2.07 bits per heavy atom. The Balaban J connectivity index is 2.92. The summed E-state index contributed by atoms with van der Waals surface area (Å²) in [5, 5.41) is 0.383. The summed E-state index contributed by atoms with van der Waals surface area (Å²) >= 11 is 3.09. The molecule has 0 saturated carbocycles. The van der Waals surface area contributed by atoms with E-state index in [1.165, 1.54) is 12.1 Å². The largest absolute Gasteiger partial charge is 0.574 e. The van der Waals surface area contributed by atoms with Crippen LogP contribution in [0.2, 0.25) is 0 Å². The number of ether oxygens (including phenoxy) is 1. The predicted octanol–water partition coefficient (Wildman–Crippen LogP) is 2.46. The molecule has 3 nitrogen and oxygen atoms in total. The van der Waals surface area contributed by atoms with Gasteiger partial charge in [-0.3, -0.25) is 0 Å². The van der Waals surface area contributed by atoms with Gasteiger partial charge in [-0.25, -0.2) is 0 Å². The van der Waals surface area contributed by atoms with Crippen LogP contribution < -0.4 is 10.5 Å². The molecule has 2 N–H and O–H groups in total. The Morgan fingerprint density at radius 1 is 1.43 bits per heavy atom. The molecule has 0 fully saturated rings. The monoisotopic (exact) mass is 270 g/mol. The molecule has 1 rings (SSSR count). The number of anilines is 1. The van der Waals surface area contributed by atoms with Gasteiger partial charge in [0.05, 0.1) is 0 Å². The van der Waals surface area contributed by atoms with Gasteiger partial charge in [-0.1, -0.05) is 15.9 Å². The minimum Gasteiger partial charge on any atom is -0.388 e. The highest BCUT2D eigenvalue weighted by Gasteiger charge is 2.31. The highest BCUT2D eigenvalue weighted by molar-refractivity contribution is 9.08. The lowest BCUT2D eigenvalue weighted by Crippen LogP contribution is -2.18. The zero-order valence-corrected chi connectivity index (χ0v) is 8.39. The lowest BCUT2D eigenvalue weighted by molar-refractivity contribution is -0.276. The van der Waals surface area contributed by atoms with Crippen LogP contribution >= 0.6 is 15.9 Å². The van der Waals surface area contributed by atoms with Gasteiger partial charge in [-0.15, -0.1) is 13.2 Å². The zero-order chi connectivity index (χ0) is 10.8. The molecule has 1 aromatic heterocycles. The van der Waals surface area contributed by atoms with Gasteiger partial charge in [0.15, 0.2) is 0 Å². The summed E-state index contributed by atoms with van der Waals surface area (Å²) in [6.45, 7) is 0. The molecule has 14 heavy (non-hydrogen) atoms. The minimum atomic E-state index is -4.75. The third kappa shape index (κ3) is 3.41. The van der Waals surface area contributed by atoms with Crippen LogP contribution in [-0.2, 0) is 5.33 Å². The van der Waals surface area contributed by atoms with Crippen molar-refractivity contribution in [2.24, 2.45) is 0 Å². The van der Waals surface area contributed by atoms with Crippen molar-refractivity contribution in [1.29, 1.82) is 0 Å². The molecule has 0 unspecified atom stereocenters. The molecule has 0 saturated heterocycles. The van der Waals surface area contributed by atoms with Gasteiger partial charge < -0.3 is 10.5 Å². The summed E-state index contributed by atoms with van der Waals surface area (Å²) < 4.78 is 39.0. The Hall–Kier alpha value is -0.980. The number of aromatic nitrogens is 1. The maximum Gasteiger partial charge on any atom is 0.574 e. The van der Waals surface area contributed by atoms with Crippen LogP contribution in [0.15, 0.2) is 12.1 Å². The first-order chi connectivity index (χ1) is 6.40. The first-order valence-electron chi connectivity index (χ1n) is 3.49. The molecule has 7 heteroatoms. The number of nitrogen functional groups attached to an aromatic ring is 1. The fraction of sp³-hybridized carbons (Fsp3) is 0.286. The van der Waals surface area contributed by atoms with E-state index < -0.39 is 12.2 Å². The number of alkyl halides is 4. The summed E-state index contributed by atoms with van der Waals surface area (Å²) in [5.41, 5.74) is 5.84. The van der Waals surface area contributed by atoms with Crippen molar-refractivity contribution in [2.45, 2.75) is 11.7 Å². The normalized spacial score (nSPS) is 11.4. The average Bonchev–Trinajstić information content (AvgIpc) is 1.99. The molecular formula is C7H6BrF3N2O. The van der Waals surface area contributed by atoms with Crippen LogP contribution in [0, 0.1) is 0 Å². The predicted molar refractivity (Wildman–Crippen MR) is 48.0 cm³/mol. The molecular weight excluding hydrogens is 265 g/mol. The Morgan fingerprint density at radius 3 is 2.57 bits per heavy atom. The molecule has 0 amide bonds. The molecule has 0 aromatic carbocycles. The molecule has 0 radical (unpaired) electrons. The van der Waals surface area contributed by atoms with Crippen LogP contribution in [0.5, 0.6) is 5.88 Å². The maximum atomic E-state index is 11.8. The summed E-state index contributed by atoms with van der Waals surface area (Å²) in [7, 11) is 0. The summed E-state index contributed by atoms with van der Waals surface area (Å²) in [4.78, 5) is 3.38. The van der Waals surface area contributed by atoms with Gasteiger partial charge in [-0.05, 0) is 11.6 Å². The molecule has 78 valence electrons. The van der Waals surface area contributed by atoms with Crippen molar-refractivity contribution in [3.63, 3.8) is 0 Å². The number of halogens is 4. The van der Waals surface area contributed by atoms with E-state index in [-0.39, 0.29) is 5.82 Å². The van der Waals surface area contributed by atoms with Crippen LogP contribution in [0.3, 0.4) is 0 Å². The van der Waals surface area contributed by atoms with Crippen molar-refractivity contribution >= 4 is 21.7 Å². The standard InChI is InChI=1S/C7H6BrF3N2O/c8-3-4-1-5(12)13-6(2-4)14-7(9,10)11/h1-2H,3H2,(H2,12,13). The first-order valence-corrected chi connectivity index (χ1v) is 4.61. The molecule has 0 atom stereocenters. The van der Waals surface area contributed by atoms with E-state index in [0.717, 1.165) is 0 Å². The van der Waals surface area contributed by atoms with Gasteiger partial charge in [0.2, 0.25) is 5.88 Å². The van der Waals surface area contributed by atoms with Crippen LogP contribution in [-0.4, -0.2) is 11.3 Å². The number of nitrogens with two attached hydrogens (primary N) is 1. The zero-order valence-electron chi connectivity index (χ0n) is 6.81. The maximum absolute atomic E-state index is 11.8. The number of rotatable bonds is 2. The van der Waals surface area contributed by atoms with E-state index in [0.29, 0.717) is 10.9 Å². The van der Waals surface area contributed by atoms with Gasteiger partial charge in [0.1, 0.15) is 5.82 Å². The number of hydrogen-bond acceptors (Lipinski definition) is 3. The highest BCUT2D eigenvalue weighted by Crippen LogP contribution is 2.23. The van der Waals surface area contributed by atoms with Crippen molar-refractivity contribution in [3.05, 3.63) is 17.7 Å². The second kappa shape index (κ2) is 4.04. The average molecular weight is 271 g/mol. The van der Waals surface area contributed by atoms with Crippen molar-refractivity contribution < 1.29 is 17.9 Å². The molecule has 1 heterocycles. The van der Waals surface area contributed by atoms with Crippen molar-refractivity contribution in [2.75, 3.05) is 5.73 Å². The fourth-order valence-electron chi connectivity index (χ4n) is 0.830. The van der Waals surface area contributed by atoms with E-state index in [1.807, 2.05) is 0 Å². The van der Waals surface area contributed by atoms with Crippen molar-refractivity contribution in [1.82, 2.24) is 4.98 Å². The Bertz CT molecular complexity index is 329. The van der Waals surface area contributed by atoms with E-state index in [1.54, 1.807) is 0 Å². The molecule has 0 aliphatic carbocycles. The van der Waals surface area contributed by atoms with Gasteiger partial charge in [0, 0.05) is 11.4 Å². The minimum absolute atomic E-state index is 0.0128. The van der Waals surface area contributed by atoms with Crippen LogP contribution in [0.25, 0.3) is 0 Å². The SMILES string of the molecule is Nc1cc(CBr)cc(OC(F)(F)F)n1. The molecule has 0 spiro atoms. The summed E-state index contributed by atoms with van der Waals surface area (Å²) in [5.74, 6) is -0.562. The smallest absolute Gasteiger partial charge is 0.388 e. The molecule has 0 aliphatic rings. The molecule has 0 aliphatic heterocycles. The van der Waals surface area contributed by atoms with Crippen LogP contribution in [0.1, 0.15) is 5.56 Å². The molecule has 0 bridgehead atoms. The Labute approximate surface area is 86.2 Å². The van der Waals surface area contributed by atoms with E-state index in [2.05, 4.69) is 25.7 Å². The van der Waals surface area contributed by atoms with E-state index in [4.69, 9.17) is 5.73 Å². The van der Waals surface area contributed by atoms with Gasteiger partial charge >= 0.3 is 6.36 Å². The second-order valence-corrected chi connectivity index (χ2v) is 2.98. The lowest BCUT2D eigenvalue weighted by Gasteiger charge is -2.09. The fourth-order valence-corrected chi connectivity index (χ4v) is 1.15. The lowest BCUT2D eigenvalue weighted by atomic mass is 10.3. The Kier molecular flexibility index (Phi) is 3.20. The molecule has 1 aromatic rings. The van der Waals surface area contributed by atoms with E-state index >= 15 is 0 Å². The van der Waals surface area contributed by atoms with Gasteiger partial charge in [0.25, 0.3) is 0 Å². The summed E-state index contributed by atoms with van der Waals surface area (Å²) in [6, 6.07) is 2.62. The highest BCUT2D eigenvalue weighted by atomic mass is 79.9. The number of nitrogens with zero attached hydrogens (tertiary/aromatic N) is 1. The number of pyridine rings is 1. The van der Waals surface area contributed by atoms with Crippen molar-refractivity contribution in [3.8, 4) is 5.88 Å². The third-order valence-electron chi connectivity index (χ3n) is 1.26. The number of hydrogen-bond donors (Lipinski definition) is 1. The van der Waals surface area contributed by atoms with E-state index in [9.17, 15) is 13.2 Å². The van der Waals surface area contributed by atoms with Gasteiger partial charge in [-0.2, -0.15) is 4.98 Å². The topological polar surface area (TPSA) is 48.1 Å². The summed E-state index contributed by atoms with van der Waals surface area (Å²) in [6.07, 6.45) is -4.75. The van der Waals surface area contributed by atoms with Crippen LogP contribution in [0.4, 0.5) is 19.0 Å². The first kappa shape index (κ1) is 11.1. The quantitative estimate of drug-likeness (QED) is 0.840. The third-order valence-corrected chi connectivity index (χ3v) is 1.90.